The first-order chi connectivity index (χ1) is 15.7. The minimum atomic E-state index is -1.62. The van der Waals surface area contributed by atoms with Gasteiger partial charge in [-0.1, -0.05) is 39.3 Å². The molecule has 12 nitrogen and oxygen atoms in total. The number of nitrogens with one attached hydrogen (secondary N) is 2. The highest BCUT2D eigenvalue weighted by Crippen LogP contribution is 2.09. The van der Waals surface area contributed by atoms with Gasteiger partial charge in [0.15, 0.2) is 6.10 Å². The summed E-state index contributed by atoms with van der Waals surface area (Å²) in [6.07, 6.45) is 0.0897. The Kier molecular flexibility index (Phi) is 21.1. The number of hydrogen-bond acceptors (Lipinski definition) is 9. The number of aliphatic carboxylic acids is 1. The van der Waals surface area contributed by atoms with Gasteiger partial charge in [-0.3, -0.25) is 9.59 Å². The summed E-state index contributed by atoms with van der Waals surface area (Å²) in [5.74, 6) is -2.62. The normalized spacial score (nSPS) is 13.8. The maximum atomic E-state index is 11.4. The van der Waals surface area contributed by atoms with Crippen molar-refractivity contribution in [3.63, 3.8) is 0 Å². The number of amides is 2. The number of halogens is 1. The van der Waals surface area contributed by atoms with Crippen molar-refractivity contribution >= 4 is 36.3 Å². The highest BCUT2D eigenvalue weighted by molar-refractivity contribution is 5.85. The number of alkyl carbamates (subject to hydrolysis) is 1. The van der Waals surface area contributed by atoms with Crippen LogP contribution in [0.25, 0.3) is 0 Å². The average Bonchev–Trinajstić information content (AvgIpc) is 2.73. The quantitative estimate of drug-likeness (QED) is 0.147. The van der Waals surface area contributed by atoms with E-state index in [9.17, 15) is 29.4 Å². The fourth-order valence-electron chi connectivity index (χ4n) is 2.40. The molecule has 7 N–H and O–H groups in total. The van der Waals surface area contributed by atoms with E-state index in [4.69, 9.17) is 15.6 Å². The average molecular weight is 528 g/mol. The van der Waals surface area contributed by atoms with Gasteiger partial charge in [-0.2, -0.15) is 0 Å². The number of hydrogen-bond donors (Lipinski definition) is 6. The van der Waals surface area contributed by atoms with Gasteiger partial charge in [0.1, 0.15) is 24.9 Å². The molecule has 0 aromatic carbocycles. The molecule has 4 unspecified atom stereocenters. The number of carboxylic acid groups (broad SMARTS) is 1. The zero-order chi connectivity index (χ0) is 26.9. The molecule has 0 aromatic heterocycles. The van der Waals surface area contributed by atoms with Crippen LogP contribution in [-0.4, -0.2) is 82.3 Å². The van der Waals surface area contributed by atoms with Gasteiger partial charge in [-0.25, -0.2) is 9.59 Å². The molecule has 0 spiro atoms. The standard InChI is InChI=1S/C11H20N2O4.C11H21NO5.ClH/c1-3-5-8(12)10(15)11(16)13-7-9(14)17-6-4-2;1-5-6-7(8(13)9(14)15)12-10(16)17-11(2,3)4;/h4,8,10,15H,2-3,5-7,12H2,1H3,(H,13,16);7-8,13H,5-6H2,1-4H3,(H,12,16)(H,14,15);1H. The molecule has 0 fully saturated rings. The van der Waals surface area contributed by atoms with Crippen LogP contribution >= 0.6 is 12.4 Å². The van der Waals surface area contributed by atoms with E-state index in [1.807, 2.05) is 13.8 Å². The number of ether oxygens (including phenoxy) is 2. The zero-order valence-corrected chi connectivity index (χ0v) is 21.9. The Bertz CT molecular complexity index is 657. The highest BCUT2D eigenvalue weighted by Gasteiger charge is 2.28. The molecule has 0 rings (SSSR count). The number of aliphatic hydroxyl groups is 2. The van der Waals surface area contributed by atoms with Crippen molar-refractivity contribution in [2.75, 3.05) is 13.2 Å². The first-order valence-electron chi connectivity index (χ1n) is 11.1. The largest absolute Gasteiger partial charge is 0.479 e. The second kappa shape index (κ2) is 19.8. The molecule has 0 heterocycles. The maximum absolute atomic E-state index is 11.4. The Morgan fingerprint density at radius 1 is 1.06 bits per heavy atom. The Morgan fingerprint density at radius 3 is 2.03 bits per heavy atom. The Balaban J connectivity index is -0.000000569. The summed E-state index contributed by atoms with van der Waals surface area (Å²) in [6, 6.07) is -1.46. The molecule has 0 radical (unpaired) electrons. The van der Waals surface area contributed by atoms with Crippen molar-refractivity contribution in [3.05, 3.63) is 12.7 Å². The van der Waals surface area contributed by atoms with Crippen molar-refractivity contribution in [2.45, 2.75) is 90.2 Å². The Morgan fingerprint density at radius 2 is 1.60 bits per heavy atom. The van der Waals surface area contributed by atoms with E-state index in [2.05, 4.69) is 21.9 Å². The highest BCUT2D eigenvalue weighted by atomic mass is 35.5. The van der Waals surface area contributed by atoms with E-state index in [1.165, 1.54) is 6.08 Å². The van der Waals surface area contributed by atoms with Crippen molar-refractivity contribution in [3.8, 4) is 0 Å². The van der Waals surface area contributed by atoms with E-state index in [0.29, 0.717) is 19.3 Å². The van der Waals surface area contributed by atoms with Crippen LogP contribution in [0.15, 0.2) is 12.7 Å². The SMILES string of the molecule is C=CCOC(=O)CNC(=O)C(O)C(N)CCC.CCCC(NC(=O)OC(C)(C)C)C(O)C(=O)O.Cl. The van der Waals surface area contributed by atoms with Gasteiger partial charge in [-0.15, -0.1) is 12.4 Å². The Hall–Kier alpha value is -2.41. The van der Waals surface area contributed by atoms with Crippen LogP contribution in [0.1, 0.15) is 60.3 Å². The molecule has 0 saturated heterocycles. The van der Waals surface area contributed by atoms with Crippen LogP contribution in [0.2, 0.25) is 0 Å². The predicted octanol–water partition coefficient (Wildman–Crippen LogP) is 0.867. The molecule has 35 heavy (non-hydrogen) atoms. The summed E-state index contributed by atoms with van der Waals surface area (Å²) >= 11 is 0. The number of aliphatic hydroxyl groups excluding tert-OH is 2. The monoisotopic (exact) mass is 527 g/mol. The second-order valence-electron chi connectivity index (χ2n) is 8.41. The molecular formula is C22H42ClN3O9. The van der Waals surface area contributed by atoms with E-state index in [0.717, 1.165) is 6.42 Å². The molecule has 0 saturated carbocycles. The molecule has 2 amide bonds. The fraction of sp³-hybridized carbons (Fsp3) is 0.727. The lowest BCUT2D eigenvalue weighted by Crippen LogP contribution is -2.48. The van der Waals surface area contributed by atoms with Crippen molar-refractivity contribution in [1.29, 1.82) is 0 Å². The summed E-state index contributed by atoms with van der Waals surface area (Å²) < 4.78 is 9.64. The van der Waals surface area contributed by atoms with Crippen LogP contribution in [0.4, 0.5) is 4.79 Å². The van der Waals surface area contributed by atoms with E-state index >= 15 is 0 Å². The van der Waals surface area contributed by atoms with Gasteiger partial charge in [0.05, 0.1) is 6.04 Å². The maximum Gasteiger partial charge on any atom is 0.407 e. The smallest absolute Gasteiger partial charge is 0.407 e. The first kappa shape index (κ1) is 37.1. The third-order valence-electron chi connectivity index (χ3n) is 4.00. The molecule has 206 valence electrons. The number of nitrogens with two attached hydrogens (primary N) is 1. The van der Waals surface area contributed by atoms with Gasteiger partial charge in [0, 0.05) is 6.04 Å². The molecule has 0 aromatic rings. The fourth-order valence-corrected chi connectivity index (χ4v) is 2.40. The summed E-state index contributed by atoms with van der Waals surface area (Å²) in [7, 11) is 0. The van der Waals surface area contributed by atoms with Gasteiger partial charge in [0.25, 0.3) is 5.91 Å². The number of carbonyl (C=O) groups is 4. The van der Waals surface area contributed by atoms with Crippen molar-refractivity contribution in [2.24, 2.45) is 5.73 Å². The summed E-state index contributed by atoms with van der Waals surface area (Å²) in [4.78, 5) is 44.5. The van der Waals surface area contributed by atoms with Crippen LogP contribution < -0.4 is 16.4 Å². The van der Waals surface area contributed by atoms with Crippen LogP contribution in [-0.2, 0) is 23.9 Å². The molecule has 4 atom stereocenters. The van der Waals surface area contributed by atoms with E-state index < -0.39 is 53.8 Å². The van der Waals surface area contributed by atoms with Crippen LogP contribution in [0.5, 0.6) is 0 Å². The second-order valence-corrected chi connectivity index (χ2v) is 8.41. The predicted molar refractivity (Wildman–Crippen MR) is 132 cm³/mol. The lowest BCUT2D eigenvalue weighted by molar-refractivity contribution is -0.148. The van der Waals surface area contributed by atoms with Gasteiger partial charge in [0.2, 0.25) is 0 Å². The summed E-state index contributed by atoms with van der Waals surface area (Å²) in [5, 5.41) is 32.2. The Labute approximate surface area is 213 Å². The van der Waals surface area contributed by atoms with Crippen LogP contribution in [0, 0.1) is 0 Å². The molecular weight excluding hydrogens is 486 g/mol. The third kappa shape index (κ3) is 19.6. The third-order valence-corrected chi connectivity index (χ3v) is 4.00. The van der Waals surface area contributed by atoms with Crippen molar-refractivity contribution < 1.29 is 44.0 Å². The van der Waals surface area contributed by atoms with Crippen molar-refractivity contribution in [1.82, 2.24) is 10.6 Å². The van der Waals surface area contributed by atoms with Gasteiger partial charge >= 0.3 is 18.0 Å². The van der Waals surface area contributed by atoms with E-state index in [1.54, 1.807) is 20.8 Å². The van der Waals surface area contributed by atoms with Crippen LogP contribution in [0.3, 0.4) is 0 Å². The molecule has 0 aliphatic rings. The minimum absolute atomic E-state index is 0. The minimum Gasteiger partial charge on any atom is -0.479 e. The summed E-state index contributed by atoms with van der Waals surface area (Å²) in [6.45, 7) is 12.0. The molecule has 0 bridgehead atoms. The number of rotatable bonds is 13. The lowest BCUT2D eigenvalue weighted by atomic mass is 10.1. The number of esters is 1. The lowest BCUT2D eigenvalue weighted by Gasteiger charge is -2.24. The van der Waals surface area contributed by atoms with E-state index in [-0.39, 0.29) is 25.6 Å². The summed E-state index contributed by atoms with van der Waals surface area (Å²) in [5.41, 5.74) is 4.92. The molecule has 13 heteroatoms. The van der Waals surface area contributed by atoms with Gasteiger partial charge in [-0.05, 0) is 33.6 Å². The topological polar surface area (TPSA) is 198 Å². The number of carbonyl (C=O) groups excluding carboxylic acids is 3. The van der Waals surface area contributed by atoms with Gasteiger partial charge < -0.3 is 41.2 Å². The molecule has 0 aliphatic carbocycles. The molecule has 0 aliphatic heterocycles. The number of carboxylic acids is 1. The zero-order valence-electron chi connectivity index (χ0n) is 21.1. The first-order valence-corrected chi connectivity index (χ1v) is 11.1.